The minimum absolute atomic E-state index is 0.00157. The van der Waals surface area contributed by atoms with Gasteiger partial charge in [-0.1, -0.05) is 12.1 Å². The lowest BCUT2D eigenvalue weighted by Crippen LogP contribution is -2.52. The summed E-state index contributed by atoms with van der Waals surface area (Å²) in [6.45, 7) is 3.86. The Morgan fingerprint density at radius 3 is 1.61 bits per heavy atom. The molecule has 2 fully saturated rings. The number of aliphatic carboxylic acids is 3. The molecule has 0 bridgehead atoms. The van der Waals surface area contributed by atoms with Crippen LogP contribution < -0.4 is 10.6 Å². The third kappa shape index (κ3) is 14.6. The standard InChI is InChI=1S/C32H50BN7O11/c1-23(32(49)40-10-2-3-26(40)33(50)51)35-31(48)25-6-4-24(5-7-25)8-9-34-27(41)19-36-11-13-37(20-28(42)43)15-17-39(22-30(46)47)18-16-38(14-12-36)21-29(44)45/h4-7,23,26,50-51H,2-3,8-22H2,1H3,(H,34,41)(H,35,48)(H,42,43)(H,44,45)(H,46,47)/t23-,26+/m1/s1. The predicted octanol–water partition coefficient (Wildman–Crippen LogP) is -3.06. The summed E-state index contributed by atoms with van der Waals surface area (Å²) in [4.78, 5) is 81.2. The van der Waals surface area contributed by atoms with Gasteiger partial charge < -0.3 is 40.9 Å². The van der Waals surface area contributed by atoms with Crippen LogP contribution in [0, 0.1) is 0 Å². The molecule has 2 atom stereocenters. The minimum Gasteiger partial charge on any atom is -0.480 e. The van der Waals surface area contributed by atoms with E-state index in [0.717, 1.165) is 5.56 Å². The number of carboxylic acid groups (broad SMARTS) is 3. The highest BCUT2D eigenvalue weighted by Crippen LogP contribution is 2.19. The molecule has 7 N–H and O–H groups in total. The first kappa shape index (κ1) is 41.3. The number of benzene rings is 1. The highest BCUT2D eigenvalue weighted by atomic mass is 16.4. The number of nitrogens with one attached hydrogen (secondary N) is 2. The fraction of sp³-hybridized carbons (Fsp3) is 0.625. The van der Waals surface area contributed by atoms with Crippen LogP contribution in [0.5, 0.6) is 0 Å². The van der Waals surface area contributed by atoms with E-state index in [-0.39, 0.29) is 58.3 Å². The Morgan fingerprint density at radius 1 is 0.725 bits per heavy atom. The maximum atomic E-state index is 13.0. The van der Waals surface area contributed by atoms with Crippen molar-refractivity contribution in [2.45, 2.75) is 38.2 Å². The Labute approximate surface area is 297 Å². The minimum atomic E-state index is -1.64. The monoisotopic (exact) mass is 719 g/mol. The molecule has 2 heterocycles. The number of hydrogen-bond acceptors (Lipinski definition) is 12. The van der Waals surface area contributed by atoms with Crippen LogP contribution >= 0.6 is 0 Å². The van der Waals surface area contributed by atoms with E-state index in [9.17, 15) is 54.1 Å². The van der Waals surface area contributed by atoms with Crippen molar-refractivity contribution in [3.8, 4) is 0 Å². The summed E-state index contributed by atoms with van der Waals surface area (Å²) >= 11 is 0. The molecule has 2 aliphatic rings. The molecule has 51 heavy (non-hydrogen) atoms. The van der Waals surface area contributed by atoms with Gasteiger partial charge in [0, 0.05) is 71.0 Å². The molecule has 1 aromatic rings. The Hall–Kier alpha value is -4.14. The summed E-state index contributed by atoms with van der Waals surface area (Å²) in [5.41, 5.74) is 1.19. The molecule has 2 saturated heterocycles. The van der Waals surface area contributed by atoms with Crippen molar-refractivity contribution >= 4 is 42.7 Å². The lowest BCUT2D eigenvalue weighted by Gasteiger charge is -2.32. The van der Waals surface area contributed by atoms with E-state index < -0.39 is 48.8 Å². The van der Waals surface area contributed by atoms with Crippen LogP contribution in [0.2, 0.25) is 0 Å². The van der Waals surface area contributed by atoms with E-state index >= 15 is 0 Å². The topological polar surface area (TPSA) is 244 Å². The van der Waals surface area contributed by atoms with Gasteiger partial charge in [0.2, 0.25) is 11.8 Å². The van der Waals surface area contributed by atoms with Gasteiger partial charge in [-0.25, -0.2) is 0 Å². The van der Waals surface area contributed by atoms with Gasteiger partial charge in [-0.05, 0) is 43.9 Å². The highest BCUT2D eigenvalue weighted by Gasteiger charge is 2.38. The second kappa shape index (κ2) is 20.6. The average Bonchev–Trinajstić information content (AvgIpc) is 3.56. The van der Waals surface area contributed by atoms with Gasteiger partial charge in [-0.2, -0.15) is 0 Å². The smallest absolute Gasteiger partial charge is 0.475 e. The Kier molecular flexibility index (Phi) is 16.7. The molecule has 0 spiro atoms. The quantitative estimate of drug-likeness (QED) is 0.0891. The second-order valence-electron chi connectivity index (χ2n) is 12.9. The number of rotatable bonds is 15. The summed E-state index contributed by atoms with van der Waals surface area (Å²) < 4.78 is 0. The lowest BCUT2D eigenvalue weighted by atomic mass is 9.78. The van der Waals surface area contributed by atoms with Crippen molar-refractivity contribution in [1.29, 1.82) is 0 Å². The van der Waals surface area contributed by atoms with Crippen LogP contribution in [0.25, 0.3) is 0 Å². The summed E-state index contributed by atoms with van der Waals surface area (Å²) in [7, 11) is -1.64. The molecule has 0 aliphatic carbocycles. The number of nitrogens with zero attached hydrogens (tertiary/aromatic N) is 5. The normalized spacial score (nSPS) is 19.4. The van der Waals surface area contributed by atoms with Crippen molar-refractivity contribution in [3.63, 3.8) is 0 Å². The summed E-state index contributed by atoms with van der Waals surface area (Å²) in [5, 5.41) is 52.7. The van der Waals surface area contributed by atoms with Crippen LogP contribution in [-0.2, 0) is 30.4 Å². The van der Waals surface area contributed by atoms with Crippen LogP contribution in [0.1, 0.15) is 35.7 Å². The average molecular weight is 720 g/mol. The van der Waals surface area contributed by atoms with Crippen LogP contribution in [-0.4, -0.2) is 196 Å². The molecule has 0 saturated carbocycles. The van der Waals surface area contributed by atoms with Crippen molar-refractivity contribution in [1.82, 2.24) is 35.1 Å². The van der Waals surface area contributed by atoms with Crippen molar-refractivity contribution in [2.75, 3.05) is 91.6 Å². The van der Waals surface area contributed by atoms with Gasteiger partial charge in [-0.3, -0.25) is 48.4 Å². The van der Waals surface area contributed by atoms with Gasteiger partial charge in [0.25, 0.3) is 5.91 Å². The van der Waals surface area contributed by atoms with Crippen molar-refractivity contribution < 1.29 is 54.1 Å². The number of amides is 3. The third-order valence-corrected chi connectivity index (χ3v) is 8.97. The zero-order valence-corrected chi connectivity index (χ0v) is 29.0. The molecule has 0 aromatic heterocycles. The number of carboxylic acids is 3. The largest absolute Gasteiger partial charge is 0.480 e. The molecule has 1 aromatic carbocycles. The van der Waals surface area contributed by atoms with Gasteiger partial charge in [0.05, 0.1) is 32.1 Å². The number of carbonyl (C=O) groups is 6. The SMILES string of the molecule is C[C@@H](NC(=O)c1ccc(CCNC(=O)CN2CCN(CC(=O)O)CCN(CC(=O)O)CCN(CC(=O)O)CC2)cc1)C(=O)N1CCC[C@H]1B(O)O. The molecular weight excluding hydrogens is 669 g/mol. The molecule has 19 heteroatoms. The fourth-order valence-corrected chi connectivity index (χ4v) is 6.18. The summed E-state index contributed by atoms with van der Waals surface area (Å²) in [6, 6.07) is 5.85. The molecule has 3 rings (SSSR count). The Balaban J connectivity index is 1.52. The van der Waals surface area contributed by atoms with E-state index in [4.69, 9.17) is 0 Å². The van der Waals surface area contributed by atoms with Gasteiger partial charge in [0.15, 0.2) is 0 Å². The van der Waals surface area contributed by atoms with Gasteiger partial charge in [-0.15, -0.1) is 0 Å². The summed E-state index contributed by atoms with van der Waals surface area (Å²) in [6.07, 6.45) is 1.59. The molecule has 2 aliphatic heterocycles. The van der Waals surface area contributed by atoms with E-state index in [1.165, 1.54) is 4.90 Å². The third-order valence-electron chi connectivity index (χ3n) is 8.97. The van der Waals surface area contributed by atoms with Crippen LogP contribution in [0.3, 0.4) is 0 Å². The number of carbonyl (C=O) groups excluding carboxylic acids is 3. The Bertz CT molecular complexity index is 1320. The van der Waals surface area contributed by atoms with E-state index in [1.807, 2.05) is 4.90 Å². The zero-order valence-electron chi connectivity index (χ0n) is 29.0. The van der Waals surface area contributed by atoms with Crippen LogP contribution in [0.4, 0.5) is 0 Å². The first-order valence-electron chi connectivity index (χ1n) is 17.1. The molecule has 282 valence electrons. The van der Waals surface area contributed by atoms with E-state index in [0.29, 0.717) is 64.1 Å². The molecule has 0 unspecified atom stereocenters. The molecule has 18 nitrogen and oxygen atoms in total. The fourth-order valence-electron chi connectivity index (χ4n) is 6.18. The molecular formula is C32H50BN7O11. The highest BCUT2D eigenvalue weighted by molar-refractivity contribution is 6.43. The maximum absolute atomic E-state index is 13.0. The first-order valence-corrected chi connectivity index (χ1v) is 17.1. The second-order valence-corrected chi connectivity index (χ2v) is 12.9. The van der Waals surface area contributed by atoms with Crippen molar-refractivity contribution in [2.24, 2.45) is 0 Å². The molecule has 3 amide bonds. The van der Waals surface area contributed by atoms with Crippen molar-refractivity contribution in [3.05, 3.63) is 35.4 Å². The zero-order chi connectivity index (χ0) is 37.5. The lowest BCUT2D eigenvalue weighted by molar-refractivity contribution is -0.140. The van der Waals surface area contributed by atoms with Crippen LogP contribution in [0.15, 0.2) is 24.3 Å². The number of hydrogen-bond donors (Lipinski definition) is 7. The number of likely N-dealkylation sites (tertiary alicyclic amines) is 1. The summed E-state index contributed by atoms with van der Waals surface area (Å²) in [5.74, 6) is -4.91. The maximum Gasteiger partial charge on any atom is 0.475 e. The predicted molar refractivity (Wildman–Crippen MR) is 184 cm³/mol. The van der Waals surface area contributed by atoms with Gasteiger partial charge >= 0.3 is 25.0 Å². The Morgan fingerprint density at radius 2 is 1.18 bits per heavy atom. The van der Waals surface area contributed by atoms with E-state index in [1.54, 1.807) is 45.9 Å². The first-order chi connectivity index (χ1) is 24.2. The molecule has 0 radical (unpaired) electrons. The van der Waals surface area contributed by atoms with E-state index in [2.05, 4.69) is 10.6 Å². The van der Waals surface area contributed by atoms with Gasteiger partial charge in [0.1, 0.15) is 6.04 Å².